The maximum atomic E-state index is 14.2. The molecule has 2 aliphatic heterocycles. The second-order valence-corrected chi connectivity index (χ2v) is 16.7. The fourth-order valence-electron chi connectivity index (χ4n) is 7.60. The van der Waals surface area contributed by atoms with Crippen LogP contribution in [0.1, 0.15) is 64.3 Å². The number of H-pyrrole nitrogens is 1. The quantitative estimate of drug-likeness (QED) is 0.0997. The predicted molar refractivity (Wildman–Crippen MR) is 215 cm³/mol. The zero-order valence-electron chi connectivity index (χ0n) is 32.8. The summed E-state index contributed by atoms with van der Waals surface area (Å²) in [7, 11) is -2.58. The lowest BCUT2D eigenvalue weighted by Crippen LogP contribution is -2.60. The van der Waals surface area contributed by atoms with Crippen molar-refractivity contribution in [2.24, 2.45) is 10.4 Å². The van der Waals surface area contributed by atoms with Crippen LogP contribution >= 0.6 is 0 Å². The van der Waals surface area contributed by atoms with E-state index in [0.717, 1.165) is 45.2 Å². The summed E-state index contributed by atoms with van der Waals surface area (Å²) in [6, 6.07) is 8.97. The van der Waals surface area contributed by atoms with E-state index >= 15 is 0 Å². The summed E-state index contributed by atoms with van der Waals surface area (Å²) >= 11 is 0. The molecular formula is C41H51N7O7S. The number of cyclic esters (lactones) is 1. The first-order chi connectivity index (χ1) is 26.7. The lowest BCUT2D eigenvalue weighted by atomic mass is 9.84. The number of methoxy groups -OCH3 is 1. The smallest absolute Gasteiger partial charge is 0.324 e. The minimum absolute atomic E-state index is 0.0470. The molecule has 0 saturated carbocycles. The van der Waals surface area contributed by atoms with E-state index in [1.54, 1.807) is 19.4 Å². The number of hydrogen-bond acceptors (Lipinski definition) is 10. The van der Waals surface area contributed by atoms with Crippen LogP contribution in [0.4, 0.5) is 0 Å². The van der Waals surface area contributed by atoms with Gasteiger partial charge in [-0.25, -0.2) is 18.8 Å². The van der Waals surface area contributed by atoms with E-state index in [1.165, 1.54) is 17.4 Å². The van der Waals surface area contributed by atoms with Gasteiger partial charge < -0.3 is 24.1 Å². The SMILES string of the molecule is C=C/C(=C(\N=C/C)[C@H](C)OC)c1c2c3cc(ccc3n1CC)-c1cc(O)cc(c1)C[C@H](NS(=O)(=O)c1cnc[nH]1)C(=O)N1CCC[C@H](N1)C(=O)OCC(C)(C)C2. The summed E-state index contributed by atoms with van der Waals surface area (Å²) < 4.78 is 43.5. The number of hydrogen-bond donors (Lipinski definition) is 4. The van der Waals surface area contributed by atoms with Crippen molar-refractivity contribution in [3.8, 4) is 16.9 Å². The molecule has 6 rings (SSSR count). The van der Waals surface area contributed by atoms with Gasteiger partial charge in [0.1, 0.15) is 17.8 Å². The Labute approximate surface area is 327 Å². The number of rotatable bonds is 9. The van der Waals surface area contributed by atoms with Crippen LogP contribution in [0.3, 0.4) is 0 Å². The Morgan fingerprint density at radius 1 is 1.23 bits per heavy atom. The van der Waals surface area contributed by atoms with Gasteiger partial charge in [0.05, 0.1) is 36.6 Å². The summed E-state index contributed by atoms with van der Waals surface area (Å²) in [5.41, 5.74) is 8.89. The number of allylic oxidation sites excluding steroid dienone is 2. The number of esters is 1. The Morgan fingerprint density at radius 3 is 2.70 bits per heavy atom. The molecule has 4 aromatic rings. The molecule has 1 amide bonds. The second kappa shape index (κ2) is 16.6. The van der Waals surface area contributed by atoms with E-state index in [0.29, 0.717) is 36.9 Å². The number of fused-ring (bicyclic) bond motifs is 6. The van der Waals surface area contributed by atoms with Gasteiger partial charge in [0.15, 0.2) is 5.03 Å². The van der Waals surface area contributed by atoms with Gasteiger partial charge in [-0.2, -0.15) is 4.72 Å². The molecule has 0 radical (unpaired) electrons. The average molecular weight is 786 g/mol. The van der Waals surface area contributed by atoms with E-state index in [9.17, 15) is 23.1 Å². The molecular weight excluding hydrogens is 735 g/mol. The second-order valence-electron chi connectivity index (χ2n) is 15.0. The number of aromatic hydroxyl groups is 1. The first-order valence-electron chi connectivity index (χ1n) is 18.8. The van der Waals surface area contributed by atoms with Crippen molar-refractivity contribution >= 4 is 44.6 Å². The molecule has 298 valence electrons. The molecule has 3 atom stereocenters. The number of aryl methyl sites for hydroxylation is 1. The minimum Gasteiger partial charge on any atom is -0.508 e. The van der Waals surface area contributed by atoms with Crippen molar-refractivity contribution in [2.45, 2.75) is 90.1 Å². The fourth-order valence-corrected chi connectivity index (χ4v) is 8.69. The number of carbonyl (C=O) groups excluding carboxylic acids is 2. The molecule has 15 heteroatoms. The molecule has 14 nitrogen and oxygen atoms in total. The molecule has 0 spiro atoms. The first-order valence-corrected chi connectivity index (χ1v) is 20.3. The van der Waals surface area contributed by atoms with Crippen LogP contribution in [-0.2, 0) is 48.5 Å². The number of aliphatic imine (C=N–C) groups is 1. The first kappa shape index (κ1) is 40.6. The molecule has 56 heavy (non-hydrogen) atoms. The van der Waals surface area contributed by atoms with Crippen molar-refractivity contribution in [2.75, 3.05) is 20.3 Å². The number of ether oxygens (including phenoxy) is 2. The molecule has 1 saturated heterocycles. The average Bonchev–Trinajstić information content (AvgIpc) is 3.83. The Balaban J connectivity index is 1.57. The highest BCUT2D eigenvalue weighted by Gasteiger charge is 2.36. The maximum Gasteiger partial charge on any atom is 0.324 e. The van der Waals surface area contributed by atoms with Crippen molar-refractivity contribution < 1.29 is 32.6 Å². The molecule has 1 fully saturated rings. The third-order valence-electron chi connectivity index (χ3n) is 10.3. The third-order valence-corrected chi connectivity index (χ3v) is 11.7. The van der Waals surface area contributed by atoms with Gasteiger partial charge in [-0.1, -0.05) is 38.6 Å². The number of aromatic amines is 1. The Morgan fingerprint density at radius 2 is 2.02 bits per heavy atom. The van der Waals surface area contributed by atoms with Crippen LogP contribution in [-0.4, -0.2) is 89.6 Å². The van der Waals surface area contributed by atoms with Crippen LogP contribution in [0, 0.1) is 5.41 Å². The van der Waals surface area contributed by atoms with Crippen LogP contribution < -0.4 is 10.1 Å². The van der Waals surface area contributed by atoms with Gasteiger partial charge >= 0.3 is 5.97 Å². The number of phenolic OH excluding ortho intramolecular Hbond substituents is 1. The lowest BCUT2D eigenvalue weighted by Gasteiger charge is -2.35. The van der Waals surface area contributed by atoms with Crippen LogP contribution in [0.2, 0.25) is 0 Å². The molecule has 6 bridgehead atoms. The number of nitrogens with zero attached hydrogens (tertiary/aromatic N) is 4. The van der Waals surface area contributed by atoms with E-state index in [4.69, 9.17) is 14.5 Å². The summed E-state index contributed by atoms with van der Waals surface area (Å²) in [5.74, 6) is -1.14. The zero-order chi connectivity index (χ0) is 40.4. The van der Waals surface area contributed by atoms with Crippen LogP contribution in [0.25, 0.3) is 27.6 Å². The standard InChI is InChI=1S/C41H51N7O7S/c1-8-30(37(43-9-2)25(4)54-7)38-32-21-41(5,6)23-55-40(51)33-12-11-15-48(45-33)39(50)34(46-56(52,53)36-22-42-24-44-36)18-26-16-28(19-29(49)17-26)27-13-14-35(31(32)20-27)47(38)10-3/h8-9,13-14,16-17,19-20,22,24-25,33-34,45-46,49H,1,10-12,15,18,21,23H2,2-7H3,(H,42,44)/b37-30+,43-9-/t25-,33-,34-/m0/s1. The van der Waals surface area contributed by atoms with Gasteiger partial charge in [0.25, 0.3) is 15.9 Å². The van der Waals surface area contributed by atoms with Crippen LogP contribution in [0.15, 0.2) is 77.3 Å². The molecule has 4 N–H and O–H groups in total. The number of carbonyl (C=O) groups is 2. The van der Waals surface area contributed by atoms with Gasteiger partial charge in [-0.05, 0) is 93.0 Å². The Bertz CT molecular complexity index is 2290. The summed E-state index contributed by atoms with van der Waals surface area (Å²) in [6.07, 6.45) is 6.91. The van der Waals surface area contributed by atoms with Crippen LogP contribution in [0.5, 0.6) is 5.75 Å². The number of hydrazine groups is 1. The van der Waals surface area contributed by atoms with Gasteiger partial charge in [-0.3, -0.25) is 19.6 Å². The zero-order valence-corrected chi connectivity index (χ0v) is 33.6. The number of imidazole rings is 1. The maximum absolute atomic E-state index is 14.2. The fraction of sp³-hybridized carbons (Fsp3) is 0.415. The molecule has 2 aliphatic rings. The van der Waals surface area contributed by atoms with Crippen molar-refractivity contribution in [3.63, 3.8) is 0 Å². The van der Waals surface area contributed by atoms with Crippen molar-refractivity contribution in [3.05, 3.63) is 84.1 Å². The normalized spacial score (nSPS) is 20.4. The minimum atomic E-state index is -4.22. The van der Waals surface area contributed by atoms with Gasteiger partial charge in [-0.15, -0.1) is 0 Å². The van der Waals surface area contributed by atoms with Gasteiger partial charge in [0.2, 0.25) is 0 Å². The number of nitrogens with one attached hydrogen (secondary N) is 3. The predicted octanol–water partition coefficient (Wildman–Crippen LogP) is 5.29. The molecule has 0 unspecified atom stereocenters. The Hall–Kier alpha value is -5.09. The highest BCUT2D eigenvalue weighted by atomic mass is 32.2. The highest BCUT2D eigenvalue weighted by Crippen LogP contribution is 2.40. The van der Waals surface area contributed by atoms with Gasteiger partial charge in [0, 0.05) is 48.3 Å². The Kier molecular flexibility index (Phi) is 12.0. The van der Waals surface area contributed by atoms with E-state index < -0.39 is 39.4 Å². The number of benzene rings is 2. The lowest BCUT2D eigenvalue weighted by molar-refractivity contribution is -0.155. The van der Waals surface area contributed by atoms with Crippen molar-refractivity contribution in [1.82, 2.24) is 29.7 Å². The largest absolute Gasteiger partial charge is 0.508 e. The highest BCUT2D eigenvalue weighted by molar-refractivity contribution is 7.89. The molecule has 2 aromatic carbocycles. The van der Waals surface area contributed by atoms with E-state index in [2.05, 4.69) is 44.3 Å². The number of phenols is 1. The monoisotopic (exact) mass is 785 g/mol. The molecule has 2 aromatic heterocycles. The summed E-state index contributed by atoms with van der Waals surface area (Å²) in [4.78, 5) is 39.0. The van der Waals surface area contributed by atoms with E-state index in [-0.39, 0.29) is 36.5 Å². The third kappa shape index (κ3) is 8.36. The number of sulfonamides is 1. The summed E-state index contributed by atoms with van der Waals surface area (Å²) in [6.45, 7) is 15.2. The molecule has 4 heterocycles. The molecule has 0 aliphatic carbocycles. The topological polar surface area (TPSA) is 180 Å². The number of aromatic nitrogens is 3. The van der Waals surface area contributed by atoms with E-state index in [1.807, 2.05) is 52.0 Å². The summed E-state index contributed by atoms with van der Waals surface area (Å²) in [5, 5.41) is 13.1. The van der Waals surface area contributed by atoms with Crippen molar-refractivity contribution in [1.29, 1.82) is 0 Å². The number of amides is 1.